The van der Waals surface area contributed by atoms with Crippen molar-refractivity contribution in [2.75, 3.05) is 11.7 Å². The number of rotatable bonds is 14. The highest BCUT2D eigenvalue weighted by Crippen LogP contribution is 2.51. The van der Waals surface area contributed by atoms with E-state index in [1.165, 1.54) is 45.2 Å². The first-order valence-electron chi connectivity index (χ1n) is 17.9. The van der Waals surface area contributed by atoms with Crippen molar-refractivity contribution in [2.45, 2.75) is 45.9 Å². The molecule has 0 aliphatic heterocycles. The molecule has 0 atom stereocenters. The number of carbonyl (C=O) groups excluding carboxylic acids is 2. The molecule has 0 bridgehead atoms. The summed E-state index contributed by atoms with van der Waals surface area (Å²) in [6, 6.07) is 24.2. The summed E-state index contributed by atoms with van der Waals surface area (Å²) in [5, 5.41) is 4.13. The fourth-order valence-electron chi connectivity index (χ4n) is 5.61. The molecular weight excluding hydrogens is 842 g/mol. The number of halogens is 7. The smallest absolute Gasteiger partial charge is 0.448 e. The van der Waals surface area contributed by atoms with Crippen LogP contribution in [0.3, 0.4) is 0 Å². The van der Waals surface area contributed by atoms with Crippen LogP contribution < -0.4 is 14.4 Å². The molecule has 2 amide bonds. The molecule has 20 heteroatoms. The van der Waals surface area contributed by atoms with Gasteiger partial charge in [-0.05, 0) is 61.7 Å². The molecule has 6 aromatic rings. The van der Waals surface area contributed by atoms with Crippen molar-refractivity contribution in [3.63, 3.8) is 0 Å². The van der Waals surface area contributed by atoms with Gasteiger partial charge >= 0.3 is 20.3 Å². The lowest BCUT2D eigenvalue weighted by Gasteiger charge is -2.27. The first-order chi connectivity index (χ1) is 28.8. The van der Waals surface area contributed by atoms with E-state index in [2.05, 4.69) is 9.84 Å². The first-order valence-corrected chi connectivity index (χ1v) is 19.3. The molecule has 0 saturated heterocycles. The number of hydrogen-bond donors (Lipinski definition) is 0. The van der Waals surface area contributed by atoms with Crippen molar-refractivity contribution >= 4 is 31.0 Å². The molecule has 320 valence electrons. The SMILES string of the molecule is CC(C)(C)OC(=O)N(C(=O)c1c(OCOP(=O)(OCc2ccccc2)OCc2ccccc2)nn2ccccc12)c1c(F)c(F)c(-c2cccc(OC(F)(F)F)c2)c(F)c1F. The summed E-state index contributed by atoms with van der Waals surface area (Å²) in [5.74, 6) is -12.4. The predicted octanol–water partition coefficient (Wildman–Crippen LogP) is 10.9. The van der Waals surface area contributed by atoms with Gasteiger partial charge in [0.2, 0.25) is 12.7 Å². The molecule has 2 heterocycles. The Morgan fingerprint density at radius 3 is 1.87 bits per heavy atom. The van der Waals surface area contributed by atoms with E-state index in [9.17, 15) is 27.3 Å². The van der Waals surface area contributed by atoms with Crippen molar-refractivity contribution in [3.8, 4) is 22.8 Å². The normalized spacial score (nSPS) is 12.0. The predicted molar refractivity (Wildman–Crippen MR) is 203 cm³/mol. The Bertz CT molecular complexity index is 2510. The van der Waals surface area contributed by atoms with Crippen LogP contribution in [0.5, 0.6) is 11.6 Å². The molecule has 0 saturated carbocycles. The Morgan fingerprint density at radius 2 is 1.31 bits per heavy atom. The van der Waals surface area contributed by atoms with Crippen LogP contribution in [0.1, 0.15) is 42.3 Å². The zero-order chi connectivity index (χ0) is 44.1. The quantitative estimate of drug-likeness (QED) is 0.0452. The number of nitrogens with zero attached hydrogens (tertiary/aromatic N) is 3. The fraction of sp³-hybridized carbons (Fsp3) is 0.195. The Balaban J connectivity index is 1.38. The van der Waals surface area contributed by atoms with Crippen molar-refractivity contribution < 1.29 is 72.7 Å². The van der Waals surface area contributed by atoms with Crippen molar-refractivity contribution in [3.05, 3.63) is 149 Å². The molecule has 2 aromatic heterocycles. The van der Waals surface area contributed by atoms with Gasteiger partial charge in [-0.25, -0.2) is 40.9 Å². The number of pyridine rings is 1. The van der Waals surface area contributed by atoms with Gasteiger partial charge in [-0.1, -0.05) is 78.9 Å². The van der Waals surface area contributed by atoms with Gasteiger partial charge in [0.1, 0.15) is 22.6 Å². The number of aromatic nitrogens is 2. The summed E-state index contributed by atoms with van der Waals surface area (Å²) < 4.78 is 149. The number of ether oxygens (including phenoxy) is 3. The van der Waals surface area contributed by atoms with E-state index in [4.69, 9.17) is 23.0 Å². The fourth-order valence-corrected chi connectivity index (χ4v) is 6.63. The Labute approximate surface area is 342 Å². The molecule has 61 heavy (non-hydrogen) atoms. The Hall–Kier alpha value is -6.27. The third-order valence-corrected chi connectivity index (χ3v) is 9.50. The lowest BCUT2D eigenvalue weighted by Crippen LogP contribution is -2.42. The summed E-state index contributed by atoms with van der Waals surface area (Å²) in [4.78, 5) is 28.0. The van der Waals surface area contributed by atoms with E-state index in [1.807, 2.05) is 0 Å². The highest BCUT2D eigenvalue weighted by Gasteiger charge is 2.41. The van der Waals surface area contributed by atoms with Crippen molar-refractivity contribution in [2.24, 2.45) is 0 Å². The number of fused-ring (bicyclic) bond motifs is 1. The lowest BCUT2D eigenvalue weighted by molar-refractivity contribution is -0.274. The molecular formula is C41H33F7N3O9P. The Kier molecular flexibility index (Phi) is 13.2. The van der Waals surface area contributed by atoms with E-state index >= 15 is 17.6 Å². The van der Waals surface area contributed by atoms with Crippen molar-refractivity contribution in [1.29, 1.82) is 0 Å². The summed E-state index contributed by atoms with van der Waals surface area (Å²) in [6.45, 7) is 2.45. The number of imide groups is 1. The Morgan fingerprint density at radius 1 is 0.738 bits per heavy atom. The number of carbonyl (C=O) groups is 2. The second-order valence-electron chi connectivity index (χ2n) is 13.7. The standard InChI is InChI=1S/C41H33F7N3O9P/c1-40(2,3)60-39(53)51(36-34(44)32(42)30(33(43)35(36)45)27-17-12-18-28(21-27)59-41(46,47)48)38(52)31-29-19-10-11-20-50(29)49-37(31)55-24-58-61(54,56-22-25-13-6-4-7-14-25)57-23-26-15-8-5-9-16-26/h4-21H,22-24H2,1-3H3. The second kappa shape index (κ2) is 18.1. The third kappa shape index (κ3) is 10.7. The molecule has 6 rings (SSSR count). The molecule has 0 fully saturated rings. The van der Waals surface area contributed by atoms with Crippen LogP contribution in [0, 0.1) is 23.3 Å². The number of anilines is 1. The van der Waals surface area contributed by atoms with E-state index in [0.29, 0.717) is 17.2 Å². The molecule has 0 aliphatic carbocycles. The average Bonchev–Trinajstić information content (AvgIpc) is 3.58. The molecule has 0 aliphatic rings. The highest BCUT2D eigenvalue weighted by molar-refractivity contribution is 7.48. The maximum absolute atomic E-state index is 16.2. The molecule has 4 aromatic carbocycles. The van der Waals surface area contributed by atoms with Gasteiger partial charge in [0.15, 0.2) is 23.3 Å². The lowest BCUT2D eigenvalue weighted by atomic mass is 10.0. The van der Waals surface area contributed by atoms with Crippen molar-refractivity contribution in [1.82, 2.24) is 9.61 Å². The number of amides is 2. The van der Waals surface area contributed by atoms with E-state index in [1.54, 1.807) is 60.7 Å². The van der Waals surface area contributed by atoms with Crippen LogP contribution in [-0.2, 0) is 36.1 Å². The van der Waals surface area contributed by atoms with Crippen LogP contribution in [-0.4, -0.2) is 40.4 Å². The maximum Gasteiger partial charge on any atom is 0.573 e. The van der Waals surface area contributed by atoms with E-state index in [0.717, 1.165) is 22.7 Å². The van der Waals surface area contributed by atoms with E-state index < -0.39 is 95.9 Å². The number of phosphoric ester groups is 1. The monoisotopic (exact) mass is 875 g/mol. The average molecular weight is 876 g/mol. The van der Waals surface area contributed by atoms with Gasteiger partial charge in [-0.3, -0.25) is 13.8 Å². The van der Waals surface area contributed by atoms with Gasteiger partial charge in [0.25, 0.3) is 5.91 Å². The minimum Gasteiger partial charge on any atom is -0.448 e. The maximum atomic E-state index is 16.2. The number of hydrogen-bond acceptors (Lipinski definition) is 10. The number of alkyl halides is 3. The van der Waals surface area contributed by atoms with Gasteiger partial charge in [-0.2, -0.15) is 0 Å². The van der Waals surface area contributed by atoms with Crippen LogP contribution >= 0.6 is 7.82 Å². The van der Waals surface area contributed by atoms with Gasteiger partial charge in [-0.15, -0.1) is 18.3 Å². The van der Waals surface area contributed by atoms with Crippen LogP contribution in [0.25, 0.3) is 16.6 Å². The number of benzene rings is 4. The summed E-state index contributed by atoms with van der Waals surface area (Å²) in [5.41, 5.74) is -5.40. The highest BCUT2D eigenvalue weighted by atomic mass is 31.2. The minimum absolute atomic E-state index is 0.181. The third-order valence-electron chi connectivity index (χ3n) is 8.19. The van der Waals surface area contributed by atoms with Crippen LogP contribution in [0.15, 0.2) is 109 Å². The summed E-state index contributed by atoms with van der Waals surface area (Å²) >= 11 is 0. The summed E-state index contributed by atoms with van der Waals surface area (Å²) in [7, 11) is -4.51. The molecule has 0 N–H and O–H groups in total. The number of phosphoric acid groups is 1. The minimum atomic E-state index is -5.23. The largest absolute Gasteiger partial charge is 0.573 e. The zero-order valence-electron chi connectivity index (χ0n) is 32.1. The summed E-state index contributed by atoms with van der Waals surface area (Å²) in [6.07, 6.45) is -5.75. The second-order valence-corrected chi connectivity index (χ2v) is 15.4. The zero-order valence-corrected chi connectivity index (χ0v) is 33.0. The topological polar surface area (TPSA) is 127 Å². The van der Waals surface area contributed by atoms with E-state index in [-0.39, 0.29) is 23.6 Å². The van der Waals surface area contributed by atoms with Crippen LogP contribution in [0.4, 0.5) is 41.2 Å². The molecule has 0 spiro atoms. The van der Waals surface area contributed by atoms with Gasteiger partial charge in [0.05, 0.1) is 24.3 Å². The molecule has 0 radical (unpaired) electrons. The first kappa shape index (κ1) is 44.3. The molecule has 12 nitrogen and oxygen atoms in total. The van der Waals surface area contributed by atoms with Gasteiger partial charge in [0, 0.05) is 6.20 Å². The van der Waals surface area contributed by atoms with Gasteiger partial charge < -0.3 is 14.2 Å². The molecule has 0 unspecified atom stereocenters. The van der Waals surface area contributed by atoms with Crippen LogP contribution in [0.2, 0.25) is 0 Å².